The standard InChI is InChI=1S/C10H16N2O2/c1-8(10(13)14)4-6-12(2)9-3-5-11-7-9/h3,5,7-8,11H,4,6H2,1-2H3,(H,13,14). The number of aromatic nitrogens is 1. The van der Waals surface area contributed by atoms with Crippen LogP contribution >= 0.6 is 0 Å². The van der Waals surface area contributed by atoms with Gasteiger partial charge in [-0.05, 0) is 12.5 Å². The number of rotatable bonds is 5. The van der Waals surface area contributed by atoms with Gasteiger partial charge in [0.05, 0.1) is 11.6 Å². The van der Waals surface area contributed by atoms with Crippen LogP contribution < -0.4 is 4.90 Å². The maximum atomic E-state index is 10.6. The molecule has 0 aliphatic rings. The number of carboxylic acids is 1. The molecule has 0 saturated heterocycles. The van der Waals surface area contributed by atoms with Gasteiger partial charge in [0.1, 0.15) is 0 Å². The van der Waals surface area contributed by atoms with Crippen molar-refractivity contribution in [2.45, 2.75) is 13.3 Å². The summed E-state index contributed by atoms with van der Waals surface area (Å²) in [6.45, 7) is 2.48. The molecule has 0 aliphatic carbocycles. The number of nitrogens with zero attached hydrogens (tertiary/aromatic N) is 1. The van der Waals surface area contributed by atoms with E-state index in [1.54, 1.807) is 6.92 Å². The van der Waals surface area contributed by atoms with Crippen LogP contribution in [0.3, 0.4) is 0 Å². The number of anilines is 1. The maximum Gasteiger partial charge on any atom is 0.306 e. The van der Waals surface area contributed by atoms with Gasteiger partial charge in [-0.3, -0.25) is 4.79 Å². The van der Waals surface area contributed by atoms with Crippen molar-refractivity contribution in [2.24, 2.45) is 5.92 Å². The third kappa shape index (κ3) is 2.80. The van der Waals surface area contributed by atoms with Crippen molar-refractivity contribution >= 4 is 11.7 Å². The molecule has 0 aromatic carbocycles. The Bertz CT molecular complexity index is 282. The third-order valence-corrected chi connectivity index (χ3v) is 2.34. The van der Waals surface area contributed by atoms with Gasteiger partial charge in [-0.25, -0.2) is 0 Å². The normalized spacial score (nSPS) is 12.4. The number of aliphatic carboxylic acids is 1. The van der Waals surface area contributed by atoms with E-state index in [9.17, 15) is 4.79 Å². The summed E-state index contributed by atoms with van der Waals surface area (Å²) in [5.74, 6) is -1.01. The Morgan fingerprint density at radius 3 is 2.93 bits per heavy atom. The van der Waals surface area contributed by atoms with E-state index in [0.717, 1.165) is 12.2 Å². The second-order valence-corrected chi connectivity index (χ2v) is 3.52. The van der Waals surface area contributed by atoms with Crippen molar-refractivity contribution in [1.82, 2.24) is 4.98 Å². The summed E-state index contributed by atoms with van der Waals surface area (Å²) in [4.78, 5) is 15.6. The first kappa shape index (κ1) is 10.6. The molecule has 0 radical (unpaired) electrons. The van der Waals surface area contributed by atoms with Gasteiger partial charge in [0, 0.05) is 26.0 Å². The minimum absolute atomic E-state index is 0.281. The Kier molecular flexibility index (Phi) is 3.56. The third-order valence-electron chi connectivity index (χ3n) is 2.34. The topological polar surface area (TPSA) is 56.3 Å². The maximum absolute atomic E-state index is 10.6. The molecule has 4 heteroatoms. The average Bonchev–Trinajstić information content (AvgIpc) is 2.66. The summed E-state index contributed by atoms with van der Waals surface area (Å²) in [7, 11) is 1.96. The van der Waals surface area contributed by atoms with Gasteiger partial charge in [-0.2, -0.15) is 0 Å². The van der Waals surface area contributed by atoms with E-state index in [1.807, 2.05) is 30.4 Å². The van der Waals surface area contributed by atoms with Crippen LogP contribution in [-0.2, 0) is 4.79 Å². The first-order chi connectivity index (χ1) is 6.61. The fourth-order valence-corrected chi connectivity index (χ4v) is 1.19. The van der Waals surface area contributed by atoms with Gasteiger partial charge < -0.3 is 15.0 Å². The summed E-state index contributed by atoms with van der Waals surface area (Å²) in [6, 6.07) is 1.96. The van der Waals surface area contributed by atoms with Crippen LogP contribution in [0.15, 0.2) is 18.5 Å². The van der Waals surface area contributed by atoms with Crippen molar-refractivity contribution in [2.75, 3.05) is 18.5 Å². The summed E-state index contributed by atoms with van der Waals surface area (Å²) in [6.07, 6.45) is 4.41. The van der Waals surface area contributed by atoms with Crippen molar-refractivity contribution in [1.29, 1.82) is 0 Å². The van der Waals surface area contributed by atoms with Crippen LogP contribution in [0.1, 0.15) is 13.3 Å². The van der Waals surface area contributed by atoms with E-state index in [-0.39, 0.29) is 5.92 Å². The van der Waals surface area contributed by atoms with E-state index < -0.39 is 5.97 Å². The minimum atomic E-state index is -0.729. The number of aromatic amines is 1. The highest BCUT2D eigenvalue weighted by molar-refractivity contribution is 5.69. The highest BCUT2D eigenvalue weighted by Crippen LogP contribution is 2.12. The van der Waals surface area contributed by atoms with Crippen LogP contribution in [0.2, 0.25) is 0 Å². The molecule has 1 atom stereocenters. The molecule has 4 nitrogen and oxygen atoms in total. The minimum Gasteiger partial charge on any atom is -0.481 e. The first-order valence-corrected chi connectivity index (χ1v) is 4.68. The number of H-pyrrole nitrogens is 1. The molecule has 0 aliphatic heterocycles. The summed E-state index contributed by atoms with van der Waals surface area (Å²) in [5.41, 5.74) is 1.09. The molecule has 1 aromatic rings. The zero-order valence-corrected chi connectivity index (χ0v) is 8.53. The van der Waals surface area contributed by atoms with E-state index in [0.29, 0.717) is 6.42 Å². The van der Waals surface area contributed by atoms with Crippen LogP contribution in [0.4, 0.5) is 5.69 Å². The highest BCUT2D eigenvalue weighted by Gasteiger charge is 2.11. The molecule has 0 saturated carbocycles. The van der Waals surface area contributed by atoms with Gasteiger partial charge in [0.15, 0.2) is 0 Å². The smallest absolute Gasteiger partial charge is 0.306 e. The largest absolute Gasteiger partial charge is 0.481 e. The van der Waals surface area contributed by atoms with Crippen LogP contribution in [-0.4, -0.2) is 29.7 Å². The number of carbonyl (C=O) groups is 1. The lowest BCUT2D eigenvalue weighted by Gasteiger charge is -2.18. The number of carboxylic acid groups (broad SMARTS) is 1. The highest BCUT2D eigenvalue weighted by atomic mass is 16.4. The predicted molar refractivity (Wildman–Crippen MR) is 55.5 cm³/mol. The Morgan fingerprint density at radius 1 is 1.71 bits per heavy atom. The SMILES string of the molecule is CC(CCN(C)c1cc[nH]c1)C(=O)O. The van der Waals surface area contributed by atoms with Crippen LogP contribution in [0.5, 0.6) is 0 Å². The van der Waals surface area contributed by atoms with Gasteiger partial charge >= 0.3 is 5.97 Å². The van der Waals surface area contributed by atoms with Crippen molar-refractivity contribution < 1.29 is 9.90 Å². The first-order valence-electron chi connectivity index (χ1n) is 4.68. The van der Waals surface area contributed by atoms with E-state index >= 15 is 0 Å². The fourth-order valence-electron chi connectivity index (χ4n) is 1.19. The average molecular weight is 196 g/mol. The Morgan fingerprint density at radius 2 is 2.43 bits per heavy atom. The van der Waals surface area contributed by atoms with Crippen molar-refractivity contribution in [3.8, 4) is 0 Å². The number of hydrogen-bond donors (Lipinski definition) is 2. The molecule has 1 heterocycles. The molecular formula is C10H16N2O2. The fraction of sp³-hybridized carbons (Fsp3) is 0.500. The Balaban J connectivity index is 2.35. The quantitative estimate of drug-likeness (QED) is 0.751. The van der Waals surface area contributed by atoms with Crippen molar-refractivity contribution in [3.05, 3.63) is 18.5 Å². The molecule has 2 N–H and O–H groups in total. The summed E-state index contributed by atoms with van der Waals surface area (Å²) >= 11 is 0. The zero-order valence-electron chi connectivity index (χ0n) is 8.53. The second-order valence-electron chi connectivity index (χ2n) is 3.52. The summed E-state index contributed by atoms with van der Waals surface area (Å²) in [5, 5.41) is 8.70. The number of hydrogen-bond acceptors (Lipinski definition) is 2. The van der Waals surface area contributed by atoms with Gasteiger partial charge in [-0.15, -0.1) is 0 Å². The molecule has 14 heavy (non-hydrogen) atoms. The molecule has 0 bridgehead atoms. The van der Waals surface area contributed by atoms with Gasteiger partial charge in [0.2, 0.25) is 0 Å². The molecule has 0 amide bonds. The molecule has 1 aromatic heterocycles. The van der Waals surface area contributed by atoms with Crippen molar-refractivity contribution in [3.63, 3.8) is 0 Å². The lowest BCUT2D eigenvalue weighted by Crippen LogP contribution is -2.22. The van der Waals surface area contributed by atoms with E-state index in [1.165, 1.54) is 0 Å². The zero-order chi connectivity index (χ0) is 10.6. The van der Waals surface area contributed by atoms with E-state index in [2.05, 4.69) is 4.98 Å². The molecule has 78 valence electrons. The molecule has 0 spiro atoms. The molecule has 1 rings (SSSR count). The molecule has 0 fully saturated rings. The second kappa shape index (κ2) is 4.69. The van der Waals surface area contributed by atoms with Crippen LogP contribution in [0, 0.1) is 5.92 Å². The number of nitrogens with one attached hydrogen (secondary N) is 1. The monoisotopic (exact) mass is 196 g/mol. The Labute approximate surface area is 83.5 Å². The van der Waals surface area contributed by atoms with Gasteiger partial charge in [0.25, 0.3) is 0 Å². The Hall–Kier alpha value is -1.45. The lowest BCUT2D eigenvalue weighted by molar-refractivity contribution is -0.141. The lowest BCUT2D eigenvalue weighted by atomic mass is 10.1. The van der Waals surface area contributed by atoms with Crippen LogP contribution in [0.25, 0.3) is 0 Å². The molecular weight excluding hydrogens is 180 g/mol. The van der Waals surface area contributed by atoms with E-state index in [4.69, 9.17) is 5.11 Å². The molecule has 1 unspecified atom stereocenters. The summed E-state index contributed by atoms with van der Waals surface area (Å²) < 4.78 is 0. The van der Waals surface area contributed by atoms with Gasteiger partial charge in [-0.1, -0.05) is 6.92 Å². The predicted octanol–water partition coefficient (Wildman–Crippen LogP) is 1.56.